The lowest BCUT2D eigenvalue weighted by atomic mass is 9.86. The molecule has 1 aromatic heterocycles. The van der Waals surface area contributed by atoms with Crippen molar-refractivity contribution >= 4 is 5.96 Å². The number of aryl methyl sites for hydroxylation is 1. The zero-order valence-electron chi connectivity index (χ0n) is 18.9. The first-order chi connectivity index (χ1) is 14.2. The van der Waals surface area contributed by atoms with Gasteiger partial charge in [-0.2, -0.15) is 0 Å². The Balaban J connectivity index is 1.64. The Kier molecular flexibility index (Phi) is 7.13. The average molecular weight is 413 g/mol. The summed E-state index contributed by atoms with van der Waals surface area (Å²) in [7, 11) is 1.95. The molecule has 1 fully saturated rings. The number of guanidine groups is 1. The Morgan fingerprint density at radius 1 is 1.20 bits per heavy atom. The zero-order chi connectivity index (χ0) is 21.7. The van der Waals surface area contributed by atoms with Crippen molar-refractivity contribution in [3.8, 4) is 0 Å². The van der Waals surface area contributed by atoms with Crippen LogP contribution in [0.25, 0.3) is 0 Å². The summed E-state index contributed by atoms with van der Waals surface area (Å²) in [6, 6.07) is 8.65. The molecule has 1 saturated carbocycles. The molecule has 0 spiro atoms. The fraction of sp³-hybridized carbons (Fsp3) is 0.609. The van der Waals surface area contributed by atoms with E-state index in [9.17, 15) is 5.11 Å². The Labute approximate surface area is 180 Å². The van der Waals surface area contributed by atoms with Gasteiger partial charge in [-0.15, -0.1) is 10.2 Å². The molecule has 3 N–H and O–H groups in total. The molecule has 7 nitrogen and oxygen atoms in total. The van der Waals surface area contributed by atoms with E-state index in [-0.39, 0.29) is 5.41 Å². The second kappa shape index (κ2) is 9.60. The van der Waals surface area contributed by atoms with Gasteiger partial charge in [-0.05, 0) is 36.3 Å². The van der Waals surface area contributed by atoms with Crippen LogP contribution in [0.5, 0.6) is 0 Å². The van der Waals surface area contributed by atoms with Crippen LogP contribution >= 0.6 is 0 Å². The van der Waals surface area contributed by atoms with E-state index in [0.29, 0.717) is 25.1 Å². The van der Waals surface area contributed by atoms with Crippen molar-refractivity contribution in [2.75, 3.05) is 6.54 Å². The summed E-state index contributed by atoms with van der Waals surface area (Å²) in [6.45, 7) is 9.33. The minimum Gasteiger partial charge on any atom is -0.387 e. The molecular formula is C23H36N6O. The monoisotopic (exact) mass is 412 g/mol. The van der Waals surface area contributed by atoms with E-state index in [1.807, 2.05) is 30.7 Å². The lowest BCUT2D eigenvalue weighted by Crippen LogP contribution is -2.43. The fourth-order valence-electron chi connectivity index (χ4n) is 3.67. The largest absolute Gasteiger partial charge is 0.387 e. The second-order valence-electron chi connectivity index (χ2n) is 9.28. The predicted molar refractivity (Wildman–Crippen MR) is 120 cm³/mol. The molecule has 1 aliphatic rings. The van der Waals surface area contributed by atoms with Gasteiger partial charge < -0.3 is 20.3 Å². The highest BCUT2D eigenvalue weighted by Gasteiger charge is 2.18. The van der Waals surface area contributed by atoms with E-state index < -0.39 is 6.10 Å². The highest BCUT2D eigenvalue weighted by Crippen LogP contribution is 2.24. The molecule has 164 valence electrons. The number of nitrogens with zero attached hydrogens (tertiary/aromatic N) is 4. The third-order valence-corrected chi connectivity index (χ3v) is 5.88. The Hall–Kier alpha value is -2.41. The van der Waals surface area contributed by atoms with Crippen LogP contribution in [0.1, 0.15) is 75.3 Å². The SMILES string of the molecule is Cc1nnc(CN=C(NCC(O)c2ccc(C(C)(C)C)cc2)NC2CCCC2)n1C. The van der Waals surface area contributed by atoms with Crippen molar-refractivity contribution in [2.24, 2.45) is 12.0 Å². The Morgan fingerprint density at radius 2 is 1.87 bits per heavy atom. The van der Waals surface area contributed by atoms with Gasteiger partial charge >= 0.3 is 0 Å². The number of rotatable bonds is 6. The highest BCUT2D eigenvalue weighted by atomic mass is 16.3. The number of hydrogen-bond donors (Lipinski definition) is 3. The van der Waals surface area contributed by atoms with E-state index in [0.717, 1.165) is 30.1 Å². The number of hydrogen-bond acceptors (Lipinski definition) is 4. The molecular weight excluding hydrogens is 376 g/mol. The maximum absolute atomic E-state index is 10.7. The van der Waals surface area contributed by atoms with Gasteiger partial charge in [0.2, 0.25) is 0 Å². The van der Waals surface area contributed by atoms with Crippen LogP contribution in [-0.4, -0.2) is 38.4 Å². The molecule has 1 heterocycles. The second-order valence-corrected chi connectivity index (χ2v) is 9.28. The summed E-state index contributed by atoms with van der Waals surface area (Å²) in [5.74, 6) is 2.40. The minimum atomic E-state index is -0.605. The van der Waals surface area contributed by atoms with Crippen molar-refractivity contribution in [2.45, 2.75) is 77.5 Å². The molecule has 1 atom stereocenters. The number of aromatic nitrogens is 3. The summed E-state index contributed by atoms with van der Waals surface area (Å²) in [5, 5.41) is 25.8. The number of nitrogens with one attached hydrogen (secondary N) is 2. The van der Waals surface area contributed by atoms with Crippen LogP contribution in [0.2, 0.25) is 0 Å². The quantitative estimate of drug-likeness (QED) is 0.501. The Bertz CT molecular complexity index is 844. The molecule has 0 aliphatic heterocycles. The summed E-state index contributed by atoms with van der Waals surface area (Å²) in [5.41, 5.74) is 2.26. The van der Waals surface area contributed by atoms with E-state index in [1.165, 1.54) is 18.4 Å². The van der Waals surface area contributed by atoms with Gasteiger partial charge in [-0.3, -0.25) is 0 Å². The van der Waals surface area contributed by atoms with E-state index >= 15 is 0 Å². The number of benzene rings is 1. The maximum atomic E-state index is 10.7. The third kappa shape index (κ3) is 5.81. The molecule has 3 rings (SSSR count). The molecule has 0 radical (unpaired) electrons. The maximum Gasteiger partial charge on any atom is 0.192 e. The molecule has 1 unspecified atom stereocenters. The van der Waals surface area contributed by atoms with E-state index in [4.69, 9.17) is 4.99 Å². The molecule has 2 aromatic rings. The molecule has 0 saturated heterocycles. The lowest BCUT2D eigenvalue weighted by Gasteiger charge is -2.21. The Morgan fingerprint density at radius 3 is 2.43 bits per heavy atom. The van der Waals surface area contributed by atoms with Crippen LogP contribution in [0.15, 0.2) is 29.3 Å². The number of aliphatic hydroxyl groups is 1. The summed E-state index contributed by atoms with van der Waals surface area (Å²) < 4.78 is 1.95. The van der Waals surface area contributed by atoms with Crippen LogP contribution in [0, 0.1) is 6.92 Å². The van der Waals surface area contributed by atoms with Crippen molar-refractivity contribution in [3.05, 3.63) is 47.0 Å². The summed E-state index contributed by atoms with van der Waals surface area (Å²) in [6.07, 6.45) is 4.19. The van der Waals surface area contributed by atoms with Gasteiger partial charge in [0, 0.05) is 19.6 Å². The van der Waals surface area contributed by atoms with Crippen LogP contribution in [0.3, 0.4) is 0 Å². The molecule has 7 heteroatoms. The van der Waals surface area contributed by atoms with Crippen LogP contribution in [-0.2, 0) is 19.0 Å². The number of aliphatic imine (C=N–C) groups is 1. The fourth-order valence-corrected chi connectivity index (χ4v) is 3.67. The normalized spacial score (nSPS) is 16.7. The third-order valence-electron chi connectivity index (χ3n) is 5.88. The van der Waals surface area contributed by atoms with E-state index in [1.54, 1.807) is 0 Å². The standard InChI is InChI=1S/C23H36N6O/c1-16-27-28-21(29(16)5)15-25-22(26-19-8-6-7-9-19)24-14-20(30)17-10-12-18(13-11-17)23(2,3)4/h10-13,19-20,30H,6-9,14-15H2,1-5H3,(H2,24,25,26). The van der Waals surface area contributed by atoms with Gasteiger partial charge in [0.15, 0.2) is 11.8 Å². The van der Waals surface area contributed by atoms with E-state index in [2.05, 4.69) is 53.7 Å². The molecule has 0 amide bonds. The first kappa shape index (κ1) is 22.3. The van der Waals surface area contributed by atoms with Gasteiger partial charge in [-0.25, -0.2) is 4.99 Å². The van der Waals surface area contributed by atoms with Crippen molar-refractivity contribution in [1.82, 2.24) is 25.4 Å². The first-order valence-corrected chi connectivity index (χ1v) is 10.9. The van der Waals surface area contributed by atoms with Gasteiger partial charge in [0.1, 0.15) is 12.4 Å². The minimum absolute atomic E-state index is 0.102. The summed E-state index contributed by atoms with van der Waals surface area (Å²) >= 11 is 0. The molecule has 30 heavy (non-hydrogen) atoms. The van der Waals surface area contributed by atoms with Gasteiger partial charge in [0.05, 0.1) is 6.10 Å². The highest BCUT2D eigenvalue weighted by molar-refractivity contribution is 5.80. The smallest absolute Gasteiger partial charge is 0.192 e. The number of aliphatic hydroxyl groups excluding tert-OH is 1. The topological polar surface area (TPSA) is 87.4 Å². The van der Waals surface area contributed by atoms with Crippen molar-refractivity contribution in [3.63, 3.8) is 0 Å². The summed E-state index contributed by atoms with van der Waals surface area (Å²) in [4.78, 5) is 4.70. The molecule has 1 aliphatic carbocycles. The zero-order valence-corrected chi connectivity index (χ0v) is 18.9. The van der Waals surface area contributed by atoms with Gasteiger partial charge in [-0.1, -0.05) is 57.9 Å². The van der Waals surface area contributed by atoms with Crippen LogP contribution in [0.4, 0.5) is 0 Å². The van der Waals surface area contributed by atoms with Crippen LogP contribution < -0.4 is 10.6 Å². The predicted octanol–water partition coefficient (Wildman–Crippen LogP) is 3.13. The van der Waals surface area contributed by atoms with Gasteiger partial charge in [0.25, 0.3) is 0 Å². The van der Waals surface area contributed by atoms with Crippen molar-refractivity contribution in [1.29, 1.82) is 0 Å². The lowest BCUT2D eigenvalue weighted by molar-refractivity contribution is 0.180. The first-order valence-electron chi connectivity index (χ1n) is 10.9. The molecule has 0 bridgehead atoms. The average Bonchev–Trinajstić information content (AvgIpc) is 3.34. The van der Waals surface area contributed by atoms with Crippen molar-refractivity contribution < 1.29 is 5.11 Å². The molecule has 1 aromatic carbocycles.